The summed E-state index contributed by atoms with van der Waals surface area (Å²) in [6, 6.07) is 9.13. The first-order chi connectivity index (χ1) is 11.7. The number of hydrogen-bond donors (Lipinski definition) is 1. The van der Waals surface area contributed by atoms with E-state index in [2.05, 4.69) is 10.4 Å². The van der Waals surface area contributed by atoms with Crippen molar-refractivity contribution < 1.29 is 14.3 Å². The van der Waals surface area contributed by atoms with E-state index in [1.165, 1.54) is 0 Å². The summed E-state index contributed by atoms with van der Waals surface area (Å²) in [4.78, 5) is 12.5. The third-order valence-corrected chi connectivity index (χ3v) is 3.98. The van der Waals surface area contributed by atoms with E-state index in [-0.39, 0.29) is 18.1 Å². The van der Waals surface area contributed by atoms with Gasteiger partial charge < -0.3 is 14.8 Å². The maximum atomic E-state index is 12.5. The highest BCUT2D eigenvalue weighted by molar-refractivity contribution is 5.97. The zero-order valence-electron chi connectivity index (χ0n) is 13.9. The van der Waals surface area contributed by atoms with Crippen molar-refractivity contribution in [1.29, 1.82) is 0 Å². The smallest absolute Gasteiger partial charge is 0.255 e. The van der Waals surface area contributed by atoms with Gasteiger partial charge in [0.1, 0.15) is 12.4 Å². The van der Waals surface area contributed by atoms with Crippen molar-refractivity contribution in [2.75, 3.05) is 13.2 Å². The number of para-hydroxylation sites is 1. The Balaban J connectivity index is 1.59. The lowest BCUT2D eigenvalue weighted by atomic mass is 10.1. The first kappa shape index (κ1) is 16.5. The van der Waals surface area contributed by atoms with Crippen molar-refractivity contribution in [2.45, 2.75) is 38.5 Å². The molecule has 6 nitrogen and oxygen atoms in total. The predicted octanol–water partition coefficient (Wildman–Crippen LogP) is 2.26. The molecule has 1 aromatic carbocycles. The van der Waals surface area contributed by atoms with E-state index >= 15 is 0 Å². The predicted molar refractivity (Wildman–Crippen MR) is 90.1 cm³/mol. The molecule has 0 aliphatic carbocycles. The summed E-state index contributed by atoms with van der Waals surface area (Å²) in [5.41, 5.74) is 0.544. The van der Waals surface area contributed by atoms with Crippen LogP contribution < -0.4 is 10.1 Å². The summed E-state index contributed by atoms with van der Waals surface area (Å²) in [6.45, 7) is 3.85. The Labute approximate surface area is 141 Å². The average Bonchev–Trinajstić information content (AvgIpc) is 3.26. The lowest BCUT2D eigenvalue weighted by Crippen LogP contribution is -2.36. The van der Waals surface area contributed by atoms with E-state index in [1.807, 2.05) is 37.4 Å². The van der Waals surface area contributed by atoms with E-state index in [4.69, 9.17) is 9.47 Å². The van der Waals surface area contributed by atoms with Crippen molar-refractivity contribution in [2.24, 2.45) is 0 Å². The fraction of sp³-hybridized carbons (Fsp3) is 0.444. The number of amides is 1. The third kappa shape index (κ3) is 4.35. The lowest BCUT2D eigenvalue weighted by molar-refractivity contribution is 0.0670. The molecule has 1 N–H and O–H groups in total. The van der Waals surface area contributed by atoms with E-state index in [0.29, 0.717) is 24.5 Å². The van der Waals surface area contributed by atoms with Gasteiger partial charge in [-0.1, -0.05) is 12.1 Å². The van der Waals surface area contributed by atoms with Gasteiger partial charge in [-0.05, 0) is 38.0 Å². The van der Waals surface area contributed by atoms with Crippen LogP contribution in [0.5, 0.6) is 5.75 Å². The second-order valence-corrected chi connectivity index (χ2v) is 6.04. The molecule has 2 heterocycles. The first-order valence-electron chi connectivity index (χ1n) is 8.34. The molecule has 0 bridgehead atoms. The molecular formula is C18H23N3O3. The molecule has 6 heteroatoms. The van der Waals surface area contributed by atoms with Crippen LogP contribution in [0.4, 0.5) is 0 Å². The first-order valence-corrected chi connectivity index (χ1v) is 8.34. The maximum absolute atomic E-state index is 12.5. The number of rotatable bonds is 7. The Morgan fingerprint density at radius 1 is 1.46 bits per heavy atom. The molecule has 0 saturated carbocycles. The molecule has 24 heavy (non-hydrogen) atoms. The highest BCUT2D eigenvalue weighted by atomic mass is 16.5. The average molecular weight is 329 g/mol. The Hall–Kier alpha value is -2.34. The van der Waals surface area contributed by atoms with E-state index in [1.54, 1.807) is 16.9 Å². The molecule has 0 unspecified atom stereocenters. The molecule has 2 atom stereocenters. The van der Waals surface area contributed by atoms with Gasteiger partial charge >= 0.3 is 0 Å². The van der Waals surface area contributed by atoms with Crippen molar-refractivity contribution in [3.05, 3.63) is 48.3 Å². The SMILES string of the molecule is C[C@@H](Cn1cccn1)NC(=O)c1ccccc1OC[C@@H]1CCCO1. The summed E-state index contributed by atoms with van der Waals surface area (Å²) in [7, 11) is 0. The highest BCUT2D eigenvalue weighted by Gasteiger charge is 2.19. The number of aromatic nitrogens is 2. The van der Waals surface area contributed by atoms with Gasteiger partial charge in [-0.15, -0.1) is 0 Å². The topological polar surface area (TPSA) is 65.4 Å². The number of nitrogens with one attached hydrogen (secondary N) is 1. The van der Waals surface area contributed by atoms with Gasteiger partial charge in [0.05, 0.1) is 18.2 Å². The van der Waals surface area contributed by atoms with Gasteiger partial charge in [-0.2, -0.15) is 5.10 Å². The van der Waals surface area contributed by atoms with Crippen LogP contribution in [0.2, 0.25) is 0 Å². The lowest BCUT2D eigenvalue weighted by Gasteiger charge is -2.17. The zero-order chi connectivity index (χ0) is 16.8. The second kappa shape index (κ2) is 7.97. The Bertz CT molecular complexity index is 651. The number of benzene rings is 1. The van der Waals surface area contributed by atoms with Crippen LogP contribution in [0.15, 0.2) is 42.7 Å². The van der Waals surface area contributed by atoms with Crippen molar-refractivity contribution in [3.63, 3.8) is 0 Å². The van der Waals surface area contributed by atoms with Crippen LogP contribution in [0.1, 0.15) is 30.1 Å². The number of nitrogens with zero attached hydrogens (tertiary/aromatic N) is 2. The van der Waals surface area contributed by atoms with Crippen molar-refractivity contribution >= 4 is 5.91 Å². The standard InChI is InChI=1S/C18H23N3O3/c1-14(12-21-10-5-9-19-21)20-18(22)16-7-2-3-8-17(16)24-13-15-6-4-11-23-15/h2-3,5,7-10,14-15H,4,6,11-13H2,1H3,(H,20,22)/t14-,15-/m0/s1. The van der Waals surface area contributed by atoms with Gasteiger partial charge in [0.2, 0.25) is 0 Å². The van der Waals surface area contributed by atoms with Gasteiger partial charge in [-0.25, -0.2) is 0 Å². The fourth-order valence-corrected chi connectivity index (χ4v) is 2.77. The minimum absolute atomic E-state index is 0.0383. The van der Waals surface area contributed by atoms with E-state index in [0.717, 1.165) is 19.4 Å². The minimum atomic E-state index is -0.141. The van der Waals surface area contributed by atoms with Crippen molar-refractivity contribution in [3.8, 4) is 5.75 Å². The summed E-state index contributed by atoms with van der Waals surface area (Å²) in [5.74, 6) is 0.453. The quantitative estimate of drug-likeness (QED) is 0.846. The van der Waals surface area contributed by atoms with Gasteiger partial charge in [0, 0.05) is 25.0 Å². The molecule has 0 spiro atoms. The van der Waals surface area contributed by atoms with Crippen LogP contribution in [0.3, 0.4) is 0 Å². The van der Waals surface area contributed by atoms with E-state index < -0.39 is 0 Å². The second-order valence-electron chi connectivity index (χ2n) is 6.04. The molecule has 3 rings (SSSR count). The number of hydrogen-bond acceptors (Lipinski definition) is 4. The fourth-order valence-electron chi connectivity index (χ4n) is 2.77. The van der Waals surface area contributed by atoms with Crippen molar-refractivity contribution in [1.82, 2.24) is 15.1 Å². The van der Waals surface area contributed by atoms with Crippen LogP contribution in [-0.4, -0.2) is 41.0 Å². The van der Waals surface area contributed by atoms with E-state index in [9.17, 15) is 4.79 Å². The summed E-state index contributed by atoms with van der Waals surface area (Å²) in [5, 5.41) is 7.15. The maximum Gasteiger partial charge on any atom is 0.255 e. The number of ether oxygens (including phenoxy) is 2. The summed E-state index contributed by atoms with van der Waals surface area (Å²) >= 11 is 0. The van der Waals surface area contributed by atoms with Crippen LogP contribution in [0.25, 0.3) is 0 Å². The zero-order valence-corrected chi connectivity index (χ0v) is 13.9. The number of carbonyl (C=O) groups excluding carboxylic acids is 1. The largest absolute Gasteiger partial charge is 0.490 e. The molecule has 1 aliphatic rings. The normalized spacial score (nSPS) is 18.3. The summed E-state index contributed by atoms with van der Waals surface area (Å²) < 4.78 is 13.2. The molecule has 1 aromatic heterocycles. The monoisotopic (exact) mass is 329 g/mol. The molecule has 1 aliphatic heterocycles. The minimum Gasteiger partial charge on any atom is -0.490 e. The van der Waals surface area contributed by atoms with Crippen LogP contribution >= 0.6 is 0 Å². The molecule has 2 aromatic rings. The molecule has 1 amide bonds. The van der Waals surface area contributed by atoms with Crippen LogP contribution in [-0.2, 0) is 11.3 Å². The number of carbonyl (C=O) groups is 1. The Kier molecular flexibility index (Phi) is 5.48. The molecular weight excluding hydrogens is 306 g/mol. The van der Waals surface area contributed by atoms with Gasteiger partial charge in [-0.3, -0.25) is 9.48 Å². The molecule has 1 fully saturated rings. The molecule has 128 valence electrons. The van der Waals surface area contributed by atoms with Gasteiger partial charge in [0.15, 0.2) is 0 Å². The Morgan fingerprint density at radius 2 is 2.33 bits per heavy atom. The highest BCUT2D eigenvalue weighted by Crippen LogP contribution is 2.20. The third-order valence-electron chi connectivity index (χ3n) is 3.98. The van der Waals surface area contributed by atoms with Gasteiger partial charge in [0.25, 0.3) is 5.91 Å². The Morgan fingerprint density at radius 3 is 3.08 bits per heavy atom. The molecule has 1 saturated heterocycles. The molecule has 0 radical (unpaired) electrons. The summed E-state index contributed by atoms with van der Waals surface area (Å²) in [6.07, 6.45) is 5.81. The van der Waals surface area contributed by atoms with Crippen LogP contribution in [0, 0.1) is 0 Å².